The van der Waals surface area contributed by atoms with Gasteiger partial charge in [-0.15, -0.1) is 5.10 Å². The van der Waals surface area contributed by atoms with Crippen LogP contribution in [0.1, 0.15) is 20.3 Å². The number of alkyl halides is 3. The number of carbonyl (C=O) groups excluding carboxylic acids is 2. The van der Waals surface area contributed by atoms with Crippen LogP contribution < -0.4 is 10.6 Å². The first-order chi connectivity index (χ1) is 9.67. The molecule has 0 saturated carbocycles. The second-order valence-electron chi connectivity index (χ2n) is 4.66. The lowest BCUT2D eigenvalue weighted by Gasteiger charge is -2.07. The lowest BCUT2D eigenvalue weighted by atomic mass is 10.2. The predicted octanol–water partition coefficient (Wildman–Crippen LogP) is 0.941. The van der Waals surface area contributed by atoms with Gasteiger partial charge in [-0.25, -0.2) is 4.68 Å². The zero-order chi connectivity index (χ0) is 16.0. The number of amides is 2. The molecule has 0 spiro atoms. The molecular formula is C11H16F3N5O2. The third kappa shape index (κ3) is 6.72. The number of nitrogens with one attached hydrogen (secondary N) is 2. The van der Waals surface area contributed by atoms with E-state index >= 15 is 0 Å². The molecule has 7 nitrogen and oxygen atoms in total. The number of carbonyl (C=O) groups is 2. The number of aromatic nitrogens is 3. The van der Waals surface area contributed by atoms with Crippen LogP contribution in [0.15, 0.2) is 6.20 Å². The Morgan fingerprint density at radius 1 is 1.38 bits per heavy atom. The number of hydrogen-bond acceptors (Lipinski definition) is 4. The molecule has 21 heavy (non-hydrogen) atoms. The molecule has 0 aliphatic rings. The molecular weight excluding hydrogens is 291 g/mol. The van der Waals surface area contributed by atoms with Crippen molar-refractivity contribution in [3.63, 3.8) is 0 Å². The third-order valence-corrected chi connectivity index (χ3v) is 2.35. The fourth-order valence-electron chi connectivity index (χ4n) is 1.25. The van der Waals surface area contributed by atoms with Crippen molar-refractivity contribution in [1.82, 2.24) is 20.3 Å². The van der Waals surface area contributed by atoms with Crippen molar-refractivity contribution >= 4 is 17.6 Å². The Morgan fingerprint density at radius 3 is 2.62 bits per heavy atom. The molecule has 0 atom stereocenters. The first-order valence-corrected chi connectivity index (χ1v) is 6.22. The van der Waals surface area contributed by atoms with Crippen molar-refractivity contribution in [2.45, 2.75) is 33.0 Å². The number of rotatable bonds is 6. The van der Waals surface area contributed by atoms with Gasteiger partial charge in [0.2, 0.25) is 11.8 Å². The summed E-state index contributed by atoms with van der Waals surface area (Å²) < 4.78 is 36.8. The number of halogens is 3. The maximum atomic E-state index is 11.9. The normalized spacial score (nSPS) is 11.5. The topological polar surface area (TPSA) is 88.9 Å². The molecule has 0 fully saturated rings. The van der Waals surface area contributed by atoms with Crippen LogP contribution in [0.3, 0.4) is 0 Å². The summed E-state index contributed by atoms with van der Waals surface area (Å²) in [6.07, 6.45) is -4.08. The monoisotopic (exact) mass is 307 g/mol. The molecule has 0 radical (unpaired) electrons. The van der Waals surface area contributed by atoms with Gasteiger partial charge in [0.25, 0.3) is 0 Å². The van der Waals surface area contributed by atoms with Crippen LogP contribution in [0.5, 0.6) is 0 Å². The van der Waals surface area contributed by atoms with Crippen LogP contribution >= 0.6 is 0 Å². The van der Waals surface area contributed by atoms with Gasteiger partial charge < -0.3 is 10.6 Å². The minimum Gasteiger partial charge on any atom is -0.354 e. The molecule has 0 aliphatic carbocycles. The molecule has 1 rings (SSSR count). The van der Waals surface area contributed by atoms with E-state index in [1.54, 1.807) is 13.8 Å². The zero-order valence-electron chi connectivity index (χ0n) is 11.6. The van der Waals surface area contributed by atoms with Crippen LogP contribution in [0.25, 0.3) is 0 Å². The molecule has 2 amide bonds. The number of anilines is 1. The minimum atomic E-state index is -4.31. The first-order valence-electron chi connectivity index (χ1n) is 6.22. The smallest absolute Gasteiger partial charge is 0.354 e. The Labute approximate surface area is 118 Å². The molecule has 0 unspecified atom stereocenters. The fraction of sp³-hybridized carbons (Fsp3) is 0.636. The highest BCUT2D eigenvalue weighted by Gasteiger charge is 2.26. The molecule has 1 aromatic rings. The van der Waals surface area contributed by atoms with E-state index in [4.69, 9.17) is 0 Å². The Morgan fingerprint density at radius 2 is 2.05 bits per heavy atom. The molecule has 0 aromatic carbocycles. The van der Waals surface area contributed by atoms with Gasteiger partial charge in [-0.1, -0.05) is 19.1 Å². The van der Waals surface area contributed by atoms with Crippen LogP contribution in [-0.4, -0.2) is 39.5 Å². The molecule has 118 valence electrons. The van der Waals surface area contributed by atoms with E-state index in [0.29, 0.717) is 0 Å². The van der Waals surface area contributed by atoms with Gasteiger partial charge in [0.15, 0.2) is 5.82 Å². The lowest BCUT2D eigenvalue weighted by Crippen LogP contribution is -2.31. The van der Waals surface area contributed by atoms with Gasteiger partial charge in [0.05, 0.1) is 12.6 Å². The van der Waals surface area contributed by atoms with Gasteiger partial charge in [-0.3, -0.25) is 9.59 Å². The molecule has 0 aliphatic heterocycles. The van der Waals surface area contributed by atoms with E-state index in [0.717, 1.165) is 4.68 Å². The summed E-state index contributed by atoms with van der Waals surface area (Å²) in [5.74, 6) is -0.930. The maximum absolute atomic E-state index is 11.9. The standard InChI is InChI=1S/C11H16F3N5O2/c1-7(2)10(21)16-8-5-19(18-17-8)6-9(20)15-4-3-11(12,13)14/h5,7H,3-4,6H2,1-2H3,(H,15,20)(H,16,21). The average Bonchev–Trinajstić information content (AvgIpc) is 2.74. The van der Waals surface area contributed by atoms with E-state index in [9.17, 15) is 22.8 Å². The van der Waals surface area contributed by atoms with Crippen molar-refractivity contribution in [1.29, 1.82) is 0 Å². The Balaban J connectivity index is 2.40. The maximum Gasteiger partial charge on any atom is 0.390 e. The SMILES string of the molecule is CC(C)C(=O)Nc1cn(CC(=O)NCCC(F)(F)F)nn1. The number of hydrogen-bond donors (Lipinski definition) is 2. The fourth-order valence-corrected chi connectivity index (χ4v) is 1.25. The van der Waals surface area contributed by atoms with Gasteiger partial charge in [-0.05, 0) is 0 Å². The summed E-state index contributed by atoms with van der Waals surface area (Å²) in [6.45, 7) is 2.64. The Kier molecular flexibility index (Phi) is 5.68. The van der Waals surface area contributed by atoms with Crippen LogP contribution in [0, 0.1) is 5.92 Å². The summed E-state index contributed by atoms with van der Waals surface area (Å²) in [7, 11) is 0. The van der Waals surface area contributed by atoms with Gasteiger partial charge in [0.1, 0.15) is 6.54 Å². The second kappa shape index (κ2) is 7.04. The highest BCUT2D eigenvalue weighted by Crippen LogP contribution is 2.18. The van der Waals surface area contributed by atoms with E-state index in [1.165, 1.54) is 6.20 Å². The van der Waals surface area contributed by atoms with E-state index in [-0.39, 0.29) is 24.2 Å². The summed E-state index contributed by atoms with van der Waals surface area (Å²) in [6, 6.07) is 0. The van der Waals surface area contributed by atoms with E-state index < -0.39 is 25.0 Å². The van der Waals surface area contributed by atoms with Crippen molar-refractivity contribution < 1.29 is 22.8 Å². The van der Waals surface area contributed by atoms with E-state index in [1.807, 2.05) is 0 Å². The first kappa shape index (κ1) is 16.9. The van der Waals surface area contributed by atoms with Crippen LogP contribution in [-0.2, 0) is 16.1 Å². The Bertz CT molecular complexity index is 498. The van der Waals surface area contributed by atoms with Gasteiger partial charge in [0, 0.05) is 12.5 Å². The third-order valence-electron chi connectivity index (χ3n) is 2.35. The second-order valence-corrected chi connectivity index (χ2v) is 4.66. The molecule has 0 saturated heterocycles. The van der Waals surface area contributed by atoms with Crippen molar-refractivity contribution in [2.24, 2.45) is 5.92 Å². The quantitative estimate of drug-likeness (QED) is 0.818. The zero-order valence-corrected chi connectivity index (χ0v) is 11.6. The average molecular weight is 307 g/mol. The summed E-state index contributed by atoms with van der Waals surface area (Å²) >= 11 is 0. The Hall–Kier alpha value is -2.13. The van der Waals surface area contributed by atoms with E-state index in [2.05, 4.69) is 20.9 Å². The van der Waals surface area contributed by atoms with Crippen molar-refractivity contribution in [3.05, 3.63) is 6.20 Å². The molecule has 1 heterocycles. The summed E-state index contributed by atoms with van der Waals surface area (Å²) in [4.78, 5) is 22.8. The van der Waals surface area contributed by atoms with Crippen LogP contribution in [0.4, 0.5) is 19.0 Å². The molecule has 2 N–H and O–H groups in total. The largest absolute Gasteiger partial charge is 0.390 e. The molecule has 0 bridgehead atoms. The summed E-state index contributed by atoms with van der Waals surface area (Å²) in [5.41, 5.74) is 0. The predicted molar refractivity (Wildman–Crippen MR) is 67.2 cm³/mol. The van der Waals surface area contributed by atoms with Crippen molar-refractivity contribution in [2.75, 3.05) is 11.9 Å². The minimum absolute atomic E-state index is 0.178. The highest BCUT2D eigenvalue weighted by molar-refractivity contribution is 5.90. The van der Waals surface area contributed by atoms with Crippen LogP contribution in [0.2, 0.25) is 0 Å². The molecule has 10 heteroatoms. The van der Waals surface area contributed by atoms with Gasteiger partial charge >= 0.3 is 6.18 Å². The highest BCUT2D eigenvalue weighted by atomic mass is 19.4. The van der Waals surface area contributed by atoms with Gasteiger partial charge in [-0.2, -0.15) is 13.2 Å². The lowest BCUT2D eigenvalue weighted by molar-refractivity contribution is -0.135. The summed E-state index contributed by atoms with van der Waals surface area (Å²) in [5, 5.41) is 11.8. The molecule has 1 aromatic heterocycles. The van der Waals surface area contributed by atoms with Crippen molar-refractivity contribution in [3.8, 4) is 0 Å². The number of nitrogens with zero attached hydrogens (tertiary/aromatic N) is 3.